The van der Waals surface area contributed by atoms with Gasteiger partial charge in [-0.1, -0.05) is 40.5 Å². The summed E-state index contributed by atoms with van der Waals surface area (Å²) in [5, 5.41) is 5.76. The van der Waals surface area contributed by atoms with Crippen LogP contribution in [0.3, 0.4) is 0 Å². The smallest absolute Gasteiger partial charge is 0.435 e. The summed E-state index contributed by atoms with van der Waals surface area (Å²) in [6.45, 7) is 3.25. The number of hydrogen-bond donors (Lipinski definition) is 1. The third-order valence-corrected chi connectivity index (χ3v) is 4.99. The van der Waals surface area contributed by atoms with Gasteiger partial charge in [-0.25, -0.2) is 4.79 Å². The summed E-state index contributed by atoms with van der Waals surface area (Å²) >= 11 is 11.8. The number of hydrogen-bond acceptors (Lipinski definition) is 5. The molecular weight excluding hydrogens is 472 g/mol. The van der Waals surface area contributed by atoms with Gasteiger partial charge in [0.15, 0.2) is 0 Å². The van der Waals surface area contributed by atoms with Crippen LogP contribution in [-0.4, -0.2) is 30.0 Å². The molecule has 1 aliphatic rings. The Morgan fingerprint density at radius 3 is 2.25 bits per heavy atom. The monoisotopic (exact) mass is 488 g/mol. The number of benzene rings is 2. The lowest BCUT2D eigenvalue weighted by atomic mass is 9.86. The molecule has 0 saturated carbocycles. The largest absolute Gasteiger partial charge is 0.447 e. The van der Waals surface area contributed by atoms with Crippen molar-refractivity contribution in [1.82, 2.24) is 5.32 Å². The van der Waals surface area contributed by atoms with Crippen molar-refractivity contribution in [3.63, 3.8) is 0 Å². The number of amides is 2. The van der Waals surface area contributed by atoms with Gasteiger partial charge in [0, 0.05) is 27.6 Å². The van der Waals surface area contributed by atoms with Gasteiger partial charge in [0.1, 0.15) is 0 Å². The van der Waals surface area contributed by atoms with Crippen LogP contribution in [0.25, 0.3) is 0 Å². The number of alkyl halides is 3. The molecule has 2 amide bonds. The van der Waals surface area contributed by atoms with E-state index in [1.54, 1.807) is 13.8 Å². The van der Waals surface area contributed by atoms with Gasteiger partial charge < -0.3 is 9.57 Å². The highest BCUT2D eigenvalue weighted by Crippen LogP contribution is 2.49. The predicted octanol–water partition coefficient (Wildman–Crippen LogP) is 5.85. The highest BCUT2D eigenvalue weighted by molar-refractivity contribution is 6.34. The molecule has 1 N–H and O–H groups in total. The first kappa shape index (κ1) is 23.9. The summed E-state index contributed by atoms with van der Waals surface area (Å²) in [6, 6.07) is 9.07. The molecule has 11 heteroatoms. The van der Waals surface area contributed by atoms with Crippen LogP contribution < -0.4 is 5.32 Å². The SMILES string of the molecule is CC(C)OC(=O)NC(=O)c1ccc(C2=NOC(c3cc(Cl)cc(Cl)c3)(C(F)(F)F)C2)cc1. The number of alkyl carbamates (subject to hydrolysis) is 1. The number of carbonyl (C=O) groups excluding carboxylic acids is 2. The van der Waals surface area contributed by atoms with Gasteiger partial charge in [-0.05, 0) is 49.7 Å². The van der Waals surface area contributed by atoms with Crippen LogP contribution in [0.4, 0.5) is 18.0 Å². The van der Waals surface area contributed by atoms with E-state index in [2.05, 4.69) is 10.5 Å². The van der Waals surface area contributed by atoms with Crippen molar-refractivity contribution in [2.24, 2.45) is 5.16 Å². The first-order chi connectivity index (χ1) is 14.9. The molecule has 1 atom stereocenters. The number of carbonyl (C=O) groups is 2. The van der Waals surface area contributed by atoms with E-state index in [9.17, 15) is 22.8 Å². The van der Waals surface area contributed by atoms with Crippen LogP contribution in [0.15, 0.2) is 47.6 Å². The molecule has 6 nitrogen and oxygen atoms in total. The third-order valence-electron chi connectivity index (χ3n) is 4.55. The van der Waals surface area contributed by atoms with E-state index in [1.807, 2.05) is 0 Å². The van der Waals surface area contributed by atoms with Crippen molar-refractivity contribution >= 4 is 40.9 Å². The summed E-state index contributed by atoms with van der Waals surface area (Å²) in [4.78, 5) is 28.6. The van der Waals surface area contributed by atoms with Crippen molar-refractivity contribution in [2.45, 2.75) is 38.1 Å². The molecule has 170 valence electrons. The fourth-order valence-electron chi connectivity index (χ4n) is 3.07. The summed E-state index contributed by atoms with van der Waals surface area (Å²) in [5.74, 6) is -0.718. The molecule has 0 bridgehead atoms. The molecule has 0 saturated heterocycles. The second-order valence-electron chi connectivity index (χ2n) is 7.27. The molecule has 0 aliphatic carbocycles. The number of ether oxygens (including phenoxy) is 1. The Morgan fingerprint density at radius 1 is 1.12 bits per heavy atom. The molecule has 2 aromatic carbocycles. The zero-order valence-electron chi connectivity index (χ0n) is 16.8. The molecule has 3 rings (SSSR count). The number of imide groups is 1. The van der Waals surface area contributed by atoms with Crippen LogP contribution >= 0.6 is 23.2 Å². The molecule has 0 fully saturated rings. The van der Waals surface area contributed by atoms with Gasteiger partial charge in [-0.3, -0.25) is 10.1 Å². The van der Waals surface area contributed by atoms with Crippen LogP contribution in [0.2, 0.25) is 10.0 Å². The number of rotatable bonds is 4. The zero-order valence-corrected chi connectivity index (χ0v) is 18.3. The first-order valence-electron chi connectivity index (χ1n) is 9.32. The van der Waals surface area contributed by atoms with E-state index in [4.69, 9.17) is 32.8 Å². The van der Waals surface area contributed by atoms with Gasteiger partial charge in [0.2, 0.25) is 0 Å². The van der Waals surface area contributed by atoms with Crippen molar-refractivity contribution in [3.8, 4) is 0 Å². The van der Waals surface area contributed by atoms with Gasteiger partial charge in [-0.2, -0.15) is 13.2 Å². The Hall–Kier alpha value is -2.78. The summed E-state index contributed by atoms with van der Waals surface area (Å²) < 4.78 is 47.0. The van der Waals surface area contributed by atoms with Crippen LogP contribution in [0, 0.1) is 0 Å². The predicted molar refractivity (Wildman–Crippen MR) is 112 cm³/mol. The standard InChI is InChI=1S/C21H17Cl2F3N2O4/c1-11(2)31-19(30)27-18(29)13-5-3-12(4-6-13)17-10-20(32-28-17,21(24,25)26)14-7-15(22)9-16(23)8-14/h3-9,11H,10H2,1-2H3,(H,27,29,30). The minimum absolute atomic E-state index is 0.0181. The van der Waals surface area contributed by atoms with E-state index < -0.39 is 36.3 Å². The van der Waals surface area contributed by atoms with E-state index in [0.717, 1.165) is 12.1 Å². The van der Waals surface area contributed by atoms with Crippen molar-refractivity contribution < 1.29 is 32.3 Å². The minimum atomic E-state index is -4.82. The average molecular weight is 489 g/mol. The zero-order chi connectivity index (χ0) is 23.7. The molecule has 1 unspecified atom stereocenters. The number of halogens is 5. The topological polar surface area (TPSA) is 77.0 Å². The van der Waals surface area contributed by atoms with Crippen molar-refractivity contribution in [3.05, 3.63) is 69.2 Å². The molecule has 1 heterocycles. The fourth-order valence-corrected chi connectivity index (χ4v) is 3.59. The molecule has 0 aromatic heterocycles. The summed E-state index contributed by atoms with van der Waals surface area (Å²) in [7, 11) is 0. The second-order valence-corrected chi connectivity index (χ2v) is 8.15. The number of oxime groups is 1. The van der Waals surface area contributed by atoms with Gasteiger partial charge in [0.25, 0.3) is 11.5 Å². The summed E-state index contributed by atoms with van der Waals surface area (Å²) in [6.07, 6.45) is -6.76. The van der Waals surface area contributed by atoms with E-state index in [0.29, 0.717) is 5.56 Å². The maximum Gasteiger partial charge on any atom is 0.435 e. The Labute approximate surface area is 191 Å². The highest BCUT2D eigenvalue weighted by atomic mass is 35.5. The number of nitrogens with zero attached hydrogens (tertiary/aromatic N) is 1. The lowest BCUT2D eigenvalue weighted by Gasteiger charge is -2.29. The van der Waals surface area contributed by atoms with Crippen LogP contribution in [0.5, 0.6) is 0 Å². The van der Waals surface area contributed by atoms with Gasteiger partial charge in [0.05, 0.1) is 11.8 Å². The quantitative estimate of drug-likeness (QED) is 0.585. The van der Waals surface area contributed by atoms with E-state index in [-0.39, 0.29) is 26.9 Å². The van der Waals surface area contributed by atoms with E-state index in [1.165, 1.54) is 30.3 Å². The Bertz CT molecular complexity index is 1050. The average Bonchev–Trinajstić information content (AvgIpc) is 3.13. The fraction of sp³-hybridized carbons (Fsp3) is 0.286. The Kier molecular flexibility index (Phi) is 6.71. The van der Waals surface area contributed by atoms with Gasteiger partial charge in [-0.15, -0.1) is 0 Å². The molecule has 1 aliphatic heterocycles. The maximum atomic E-state index is 14.1. The Balaban J connectivity index is 1.81. The molecule has 0 spiro atoms. The lowest BCUT2D eigenvalue weighted by Crippen LogP contribution is -2.42. The van der Waals surface area contributed by atoms with Crippen molar-refractivity contribution in [1.29, 1.82) is 0 Å². The normalized spacial score (nSPS) is 18.2. The first-order valence-corrected chi connectivity index (χ1v) is 10.1. The minimum Gasteiger partial charge on any atom is -0.447 e. The lowest BCUT2D eigenvalue weighted by molar-refractivity contribution is -0.275. The summed E-state index contributed by atoms with van der Waals surface area (Å²) in [5.41, 5.74) is -2.60. The van der Waals surface area contributed by atoms with Crippen molar-refractivity contribution in [2.75, 3.05) is 0 Å². The highest BCUT2D eigenvalue weighted by Gasteiger charge is 2.62. The van der Waals surface area contributed by atoms with Crippen LogP contribution in [0.1, 0.15) is 41.8 Å². The molecule has 0 radical (unpaired) electrons. The molecule has 2 aromatic rings. The molecular formula is C21H17Cl2F3N2O4. The maximum absolute atomic E-state index is 14.1. The second kappa shape index (κ2) is 8.99. The van der Waals surface area contributed by atoms with E-state index >= 15 is 0 Å². The Morgan fingerprint density at radius 2 is 1.72 bits per heavy atom. The molecule has 32 heavy (non-hydrogen) atoms. The van der Waals surface area contributed by atoms with Gasteiger partial charge >= 0.3 is 12.3 Å². The third kappa shape index (κ3) is 4.99. The number of nitrogens with one attached hydrogen (secondary N) is 1. The van der Waals surface area contributed by atoms with Crippen LogP contribution in [-0.2, 0) is 15.2 Å².